The Morgan fingerprint density at radius 1 is 1.08 bits per heavy atom. The zero-order chi connectivity index (χ0) is 25.8. The van der Waals surface area contributed by atoms with E-state index in [2.05, 4.69) is 10.1 Å². The molecular weight excluding hydrogens is 474 g/mol. The third-order valence-corrected chi connectivity index (χ3v) is 6.54. The highest BCUT2D eigenvalue weighted by molar-refractivity contribution is 5.95. The second kappa shape index (κ2) is 10.9. The van der Waals surface area contributed by atoms with Gasteiger partial charge in [-0.25, -0.2) is 4.79 Å². The smallest absolute Gasteiger partial charge is 0.387 e. The van der Waals surface area contributed by atoms with E-state index in [1.807, 2.05) is 0 Å². The number of hydrogen-bond donors (Lipinski definition) is 2. The maximum atomic E-state index is 12.8. The van der Waals surface area contributed by atoms with Crippen LogP contribution in [0.5, 0.6) is 11.5 Å². The molecule has 0 bridgehead atoms. The largest absolute Gasteiger partial charge is 0.489 e. The number of amides is 2. The lowest BCUT2D eigenvalue weighted by atomic mass is 9.96. The second-order valence-electron chi connectivity index (χ2n) is 9.19. The van der Waals surface area contributed by atoms with Crippen LogP contribution in [0.2, 0.25) is 0 Å². The van der Waals surface area contributed by atoms with Gasteiger partial charge >= 0.3 is 12.6 Å². The Hall–Kier alpha value is -3.69. The molecule has 2 N–H and O–H groups in total. The van der Waals surface area contributed by atoms with E-state index in [1.54, 1.807) is 17.0 Å². The summed E-state index contributed by atoms with van der Waals surface area (Å²) in [6.45, 7) is -0.429. The van der Waals surface area contributed by atoms with Gasteiger partial charge in [0.2, 0.25) is 5.91 Å². The Kier molecular flexibility index (Phi) is 7.71. The molecule has 36 heavy (non-hydrogen) atoms. The van der Waals surface area contributed by atoms with Crippen LogP contribution in [0.3, 0.4) is 0 Å². The molecule has 1 saturated carbocycles. The van der Waals surface area contributed by atoms with E-state index in [9.17, 15) is 23.2 Å². The van der Waals surface area contributed by atoms with Gasteiger partial charge in [-0.2, -0.15) is 8.78 Å². The molecule has 1 aliphatic heterocycles. The molecule has 2 fully saturated rings. The van der Waals surface area contributed by atoms with Crippen LogP contribution in [0.15, 0.2) is 42.5 Å². The number of hydrogen-bond acceptors (Lipinski definition) is 5. The fourth-order valence-electron chi connectivity index (χ4n) is 4.39. The minimum absolute atomic E-state index is 0.0199. The number of carbonyl (C=O) groups is 3. The lowest BCUT2D eigenvalue weighted by molar-refractivity contribution is -0.129. The topological polar surface area (TPSA) is 105 Å². The van der Waals surface area contributed by atoms with Crippen LogP contribution in [-0.2, 0) is 4.79 Å². The number of benzene rings is 2. The van der Waals surface area contributed by atoms with Crippen molar-refractivity contribution < 1.29 is 37.7 Å². The molecule has 1 unspecified atom stereocenters. The fraction of sp³-hybridized carbons (Fsp3) is 0.423. The number of halogens is 2. The average molecular weight is 503 g/mol. The lowest BCUT2D eigenvalue weighted by Gasteiger charge is -2.23. The Morgan fingerprint density at radius 2 is 1.78 bits per heavy atom. The van der Waals surface area contributed by atoms with Crippen LogP contribution in [0.25, 0.3) is 0 Å². The lowest BCUT2D eigenvalue weighted by Crippen LogP contribution is -2.42. The highest BCUT2D eigenvalue weighted by atomic mass is 19.3. The molecule has 4 rings (SSSR count). The summed E-state index contributed by atoms with van der Waals surface area (Å²) in [6, 6.07) is 10.2. The van der Waals surface area contributed by atoms with Gasteiger partial charge in [-0.1, -0.05) is 6.07 Å². The number of carboxylic acids is 1. The van der Waals surface area contributed by atoms with E-state index >= 15 is 0 Å². The van der Waals surface area contributed by atoms with Gasteiger partial charge in [0.05, 0.1) is 12.2 Å². The average Bonchev–Trinajstić information content (AvgIpc) is 3.58. The first kappa shape index (κ1) is 25.4. The first-order valence-corrected chi connectivity index (χ1v) is 11.8. The van der Waals surface area contributed by atoms with E-state index in [4.69, 9.17) is 9.84 Å². The summed E-state index contributed by atoms with van der Waals surface area (Å²) in [5.41, 5.74) is 1.24. The predicted molar refractivity (Wildman–Crippen MR) is 126 cm³/mol. The number of alkyl halides is 2. The first-order chi connectivity index (χ1) is 17.2. The summed E-state index contributed by atoms with van der Waals surface area (Å²) < 4.78 is 36.1. The van der Waals surface area contributed by atoms with Gasteiger partial charge in [0.15, 0.2) is 11.5 Å². The minimum Gasteiger partial charge on any atom is -0.489 e. The number of likely N-dealkylation sites (tertiary alicyclic amines) is 1. The Labute approximate surface area is 207 Å². The zero-order valence-corrected chi connectivity index (χ0v) is 19.8. The molecular formula is C26H28F2N2O6. The molecule has 0 radical (unpaired) electrons. The molecule has 2 aromatic rings. The van der Waals surface area contributed by atoms with Gasteiger partial charge in [0.1, 0.15) is 0 Å². The van der Waals surface area contributed by atoms with Gasteiger partial charge in [-0.3, -0.25) is 9.59 Å². The molecule has 10 heteroatoms. The number of rotatable bonds is 10. The minimum atomic E-state index is -2.97. The number of nitrogens with one attached hydrogen (secondary N) is 1. The Morgan fingerprint density at radius 3 is 2.39 bits per heavy atom. The summed E-state index contributed by atoms with van der Waals surface area (Å²) in [7, 11) is 0. The van der Waals surface area contributed by atoms with Crippen LogP contribution >= 0.6 is 0 Å². The van der Waals surface area contributed by atoms with Crippen LogP contribution in [-0.4, -0.2) is 60.1 Å². The zero-order valence-electron chi connectivity index (χ0n) is 19.8. The van der Waals surface area contributed by atoms with Crippen molar-refractivity contribution in [3.63, 3.8) is 0 Å². The van der Waals surface area contributed by atoms with Crippen molar-refractivity contribution >= 4 is 17.8 Å². The number of aromatic carboxylic acids is 1. The first-order valence-electron chi connectivity index (χ1n) is 11.8. The van der Waals surface area contributed by atoms with E-state index in [1.165, 1.54) is 37.3 Å². The van der Waals surface area contributed by atoms with Crippen LogP contribution < -0.4 is 14.8 Å². The van der Waals surface area contributed by atoms with Crippen molar-refractivity contribution in [1.82, 2.24) is 10.2 Å². The van der Waals surface area contributed by atoms with Gasteiger partial charge < -0.3 is 24.8 Å². The van der Waals surface area contributed by atoms with E-state index in [0.717, 1.165) is 18.4 Å². The third-order valence-electron chi connectivity index (χ3n) is 6.54. The molecule has 1 saturated heterocycles. The van der Waals surface area contributed by atoms with Gasteiger partial charge in [-0.05, 0) is 67.1 Å². The van der Waals surface area contributed by atoms with Crippen molar-refractivity contribution in [2.75, 3.05) is 19.7 Å². The van der Waals surface area contributed by atoms with Crippen molar-refractivity contribution in [2.24, 2.45) is 5.92 Å². The summed E-state index contributed by atoms with van der Waals surface area (Å²) in [6.07, 6.45) is 2.67. The van der Waals surface area contributed by atoms with E-state index in [0.29, 0.717) is 31.1 Å². The van der Waals surface area contributed by atoms with E-state index in [-0.39, 0.29) is 47.4 Å². The molecule has 0 aromatic heterocycles. The third kappa shape index (κ3) is 6.30. The molecule has 0 spiro atoms. The highest BCUT2D eigenvalue weighted by Gasteiger charge is 2.35. The number of carbonyl (C=O) groups excluding carboxylic acids is 2. The van der Waals surface area contributed by atoms with Crippen LogP contribution in [0.4, 0.5) is 8.78 Å². The van der Waals surface area contributed by atoms with E-state index < -0.39 is 12.6 Å². The van der Waals surface area contributed by atoms with Crippen molar-refractivity contribution in [3.8, 4) is 11.5 Å². The van der Waals surface area contributed by atoms with Crippen molar-refractivity contribution in [3.05, 3.63) is 59.2 Å². The maximum Gasteiger partial charge on any atom is 0.387 e. The summed E-state index contributed by atoms with van der Waals surface area (Å²) in [5, 5.41) is 11.8. The summed E-state index contributed by atoms with van der Waals surface area (Å²) in [4.78, 5) is 37.6. The summed E-state index contributed by atoms with van der Waals surface area (Å²) >= 11 is 0. The van der Waals surface area contributed by atoms with Gasteiger partial charge in [-0.15, -0.1) is 0 Å². The Bertz CT molecular complexity index is 1120. The van der Waals surface area contributed by atoms with Crippen molar-refractivity contribution in [2.45, 2.75) is 44.8 Å². The van der Waals surface area contributed by atoms with Gasteiger partial charge in [0, 0.05) is 37.5 Å². The monoisotopic (exact) mass is 502 g/mol. The van der Waals surface area contributed by atoms with Crippen LogP contribution in [0.1, 0.15) is 58.4 Å². The Balaban J connectivity index is 1.43. The molecule has 1 heterocycles. The normalized spacial score (nSPS) is 19.3. The molecule has 2 atom stereocenters. The molecule has 2 amide bonds. The quantitative estimate of drug-likeness (QED) is 0.511. The predicted octanol–water partition coefficient (Wildman–Crippen LogP) is 3.91. The SMILES string of the molecule is CC(=O)N1CC(c2ccc(OC(F)F)c(OCC3CC3)c2)C[C@@H]1CNC(=O)c1ccc(C(=O)O)cc1. The fourth-order valence-corrected chi connectivity index (χ4v) is 4.39. The summed E-state index contributed by atoms with van der Waals surface area (Å²) in [5.74, 6) is -0.987. The number of carboxylic acid groups (broad SMARTS) is 1. The molecule has 192 valence electrons. The van der Waals surface area contributed by atoms with Crippen LogP contribution in [0, 0.1) is 5.92 Å². The molecule has 2 aliphatic rings. The molecule has 2 aromatic carbocycles. The maximum absolute atomic E-state index is 12.8. The van der Waals surface area contributed by atoms with Gasteiger partial charge in [0.25, 0.3) is 5.91 Å². The molecule has 1 aliphatic carbocycles. The second-order valence-corrected chi connectivity index (χ2v) is 9.19. The van der Waals surface area contributed by atoms with Crippen molar-refractivity contribution in [1.29, 1.82) is 0 Å². The molecule has 8 nitrogen and oxygen atoms in total. The number of ether oxygens (including phenoxy) is 2. The standard InChI is InChI=1S/C26H28F2N2O6/c1-15(31)30-13-20(10-21(30)12-29-24(32)17-4-6-18(7-5-17)25(33)34)19-8-9-22(36-26(27)28)23(11-19)35-14-16-2-3-16/h4-9,11,16,20-21,26H,2-3,10,12-14H2,1H3,(H,29,32)(H,33,34)/t20?,21-/m1/s1. The number of nitrogens with zero attached hydrogens (tertiary/aromatic N) is 1. The highest BCUT2D eigenvalue weighted by Crippen LogP contribution is 2.38.